The van der Waals surface area contributed by atoms with Crippen molar-refractivity contribution in [2.75, 3.05) is 0 Å². The van der Waals surface area contributed by atoms with E-state index in [0.29, 0.717) is 0 Å². The maximum atomic E-state index is 6.77. The molecule has 0 bridgehead atoms. The Morgan fingerprint density at radius 1 is 0.750 bits per heavy atom. The molecule has 0 amide bonds. The number of rotatable bonds is 11. The molecule has 0 atom stereocenters. The van der Waals surface area contributed by atoms with Gasteiger partial charge in [-0.1, -0.05) is 127 Å². The summed E-state index contributed by atoms with van der Waals surface area (Å²) in [6, 6.07) is 21.7. The van der Waals surface area contributed by atoms with Crippen molar-refractivity contribution in [3.63, 3.8) is 0 Å². The molecule has 0 heterocycles. The van der Waals surface area contributed by atoms with E-state index in [1.807, 2.05) is 6.26 Å². The van der Waals surface area contributed by atoms with Crippen LogP contribution >= 0.6 is 0 Å². The van der Waals surface area contributed by atoms with Gasteiger partial charge in [-0.2, -0.15) is 0 Å². The lowest BCUT2D eigenvalue weighted by molar-refractivity contribution is 0.442. The highest BCUT2D eigenvalue weighted by atomic mass is 28.4. The van der Waals surface area contributed by atoms with Crippen LogP contribution in [0.1, 0.15) is 72.6 Å². The molecule has 28 heavy (non-hydrogen) atoms. The fourth-order valence-electron chi connectivity index (χ4n) is 3.95. The van der Waals surface area contributed by atoms with E-state index in [4.69, 9.17) is 4.43 Å². The van der Waals surface area contributed by atoms with Crippen molar-refractivity contribution in [1.82, 2.24) is 0 Å². The minimum absolute atomic E-state index is 0.0280. The summed E-state index contributed by atoms with van der Waals surface area (Å²) in [5, 5.41) is 2.69. The van der Waals surface area contributed by atoms with Crippen LogP contribution in [-0.4, -0.2) is 8.32 Å². The van der Waals surface area contributed by atoms with Crippen molar-refractivity contribution in [2.45, 2.75) is 77.7 Å². The van der Waals surface area contributed by atoms with Crippen molar-refractivity contribution in [3.05, 3.63) is 73.0 Å². The smallest absolute Gasteiger partial charge is 0.319 e. The highest BCUT2D eigenvalue weighted by molar-refractivity contribution is 6.99. The van der Waals surface area contributed by atoms with Crippen LogP contribution in [0.3, 0.4) is 0 Å². The van der Waals surface area contributed by atoms with Gasteiger partial charge in [0.1, 0.15) is 0 Å². The van der Waals surface area contributed by atoms with Crippen LogP contribution < -0.4 is 10.4 Å². The molecule has 0 unspecified atom stereocenters. The predicted octanol–water partition coefficient (Wildman–Crippen LogP) is 6.83. The van der Waals surface area contributed by atoms with E-state index in [-0.39, 0.29) is 5.04 Å². The second kappa shape index (κ2) is 11.3. The van der Waals surface area contributed by atoms with E-state index in [1.165, 1.54) is 48.9 Å². The zero-order chi connectivity index (χ0) is 20.3. The largest absolute Gasteiger partial charge is 0.540 e. The monoisotopic (exact) mass is 394 g/mol. The van der Waals surface area contributed by atoms with E-state index < -0.39 is 8.32 Å². The standard InChI is InChI=1S/C26H38OSi/c1-5-6-7-8-9-10-11-18-23-27-28(26(2,3)4,24-19-14-12-15-20-24)25-21-16-13-17-22-25/h12-23H,5-11H2,1-4H3/b23-18+. The number of allylic oxidation sites excluding steroid dienone is 1. The normalized spacial score (nSPS) is 12.4. The van der Waals surface area contributed by atoms with E-state index in [0.717, 1.165) is 6.42 Å². The van der Waals surface area contributed by atoms with Gasteiger partial charge in [-0.3, -0.25) is 0 Å². The fourth-order valence-corrected chi connectivity index (χ4v) is 8.27. The van der Waals surface area contributed by atoms with Crippen molar-refractivity contribution in [2.24, 2.45) is 0 Å². The summed E-state index contributed by atoms with van der Waals surface area (Å²) in [5.41, 5.74) is 0. The predicted molar refractivity (Wildman–Crippen MR) is 126 cm³/mol. The molecule has 0 radical (unpaired) electrons. The first-order chi connectivity index (χ1) is 13.5. The molecule has 2 aromatic rings. The van der Waals surface area contributed by atoms with Crippen molar-refractivity contribution in [3.8, 4) is 0 Å². The van der Waals surface area contributed by atoms with E-state index in [1.54, 1.807) is 0 Å². The summed E-state index contributed by atoms with van der Waals surface area (Å²) < 4.78 is 6.77. The summed E-state index contributed by atoms with van der Waals surface area (Å²) >= 11 is 0. The Bertz CT molecular complexity index is 646. The minimum atomic E-state index is -2.42. The van der Waals surface area contributed by atoms with Crippen LogP contribution in [0.25, 0.3) is 0 Å². The van der Waals surface area contributed by atoms with Gasteiger partial charge < -0.3 is 4.43 Å². The topological polar surface area (TPSA) is 9.23 Å². The average Bonchev–Trinajstić information content (AvgIpc) is 2.70. The summed E-state index contributed by atoms with van der Waals surface area (Å²) in [4.78, 5) is 0. The molecule has 0 aliphatic heterocycles. The van der Waals surface area contributed by atoms with E-state index in [2.05, 4.69) is 94.4 Å². The lowest BCUT2D eigenvalue weighted by Crippen LogP contribution is -2.65. The highest BCUT2D eigenvalue weighted by Gasteiger charge is 2.51. The van der Waals surface area contributed by atoms with Gasteiger partial charge >= 0.3 is 8.32 Å². The summed E-state index contributed by atoms with van der Waals surface area (Å²) in [5.74, 6) is 0. The SMILES string of the molecule is CCCCCCCC/C=C/O[Si](c1ccccc1)(c1ccccc1)C(C)(C)C. The molecule has 0 N–H and O–H groups in total. The highest BCUT2D eigenvalue weighted by Crippen LogP contribution is 2.36. The van der Waals surface area contributed by atoms with Gasteiger partial charge in [0, 0.05) is 0 Å². The number of unbranched alkanes of at least 4 members (excludes halogenated alkanes) is 6. The third-order valence-electron chi connectivity index (χ3n) is 5.48. The molecule has 1 nitrogen and oxygen atoms in total. The molecule has 0 aromatic heterocycles. The number of benzene rings is 2. The Hall–Kier alpha value is -1.80. The Morgan fingerprint density at radius 3 is 1.75 bits per heavy atom. The van der Waals surface area contributed by atoms with Crippen molar-refractivity contribution < 1.29 is 4.43 Å². The molecule has 0 saturated carbocycles. The van der Waals surface area contributed by atoms with Gasteiger partial charge in [-0.15, -0.1) is 0 Å². The lowest BCUT2D eigenvalue weighted by Gasteiger charge is -2.41. The quantitative estimate of drug-likeness (QED) is 0.231. The first-order valence-corrected chi connectivity index (χ1v) is 12.9. The van der Waals surface area contributed by atoms with Gasteiger partial charge in [0.15, 0.2) is 0 Å². The van der Waals surface area contributed by atoms with Gasteiger partial charge in [0.2, 0.25) is 0 Å². The molecule has 0 fully saturated rings. The van der Waals surface area contributed by atoms with Crippen LogP contribution in [-0.2, 0) is 4.43 Å². The van der Waals surface area contributed by atoms with Gasteiger partial charge in [-0.05, 0) is 28.3 Å². The molecule has 0 spiro atoms. The molecule has 0 saturated heterocycles. The molecular formula is C26H38OSi. The lowest BCUT2D eigenvalue weighted by atomic mass is 10.1. The molecular weight excluding hydrogens is 356 g/mol. The van der Waals surface area contributed by atoms with Crippen molar-refractivity contribution in [1.29, 1.82) is 0 Å². The minimum Gasteiger partial charge on any atom is -0.540 e. The fraction of sp³-hybridized carbons (Fsp3) is 0.462. The average molecular weight is 395 g/mol. The zero-order valence-electron chi connectivity index (χ0n) is 18.3. The summed E-state index contributed by atoms with van der Waals surface area (Å²) in [7, 11) is -2.42. The Labute approximate surface area is 174 Å². The van der Waals surface area contributed by atoms with Gasteiger partial charge in [-0.25, -0.2) is 0 Å². The molecule has 2 heteroatoms. The Balaban J connectivity index is 2.17. The second-order valence-corrected chi connectivity index (χ2v) is 13.0. The Morgan fingerprint density at radius 2 is 1.25 bits per heavy atom. The van der Waals surface area contributed by atoms with Crippen LogP contribution in [0.4, 0.5) is 0 Å². The van der Waals surface area contributed by atoms with Crippen molar-refractivity contribution >= 4 is 18.7 Å². The van der Waals surface area contributed by atoms with Crippen LogP contribution in [0.2, 0.25) is 5.04 Å². The Kier molecular flexibility index (Phi) is 9.04. The summed E-state index contributed by atoms with van der Waals surface area (Å²) in [6.45, 7) is 9.23. The molecule has 0 aliphatic carbocycles. The van der Waals surface area contributed by atoms with Crippen LogP contribution in [0.5, 0.6) is 0 Å². The van der Waals surface area contributed by atoms with E-state index in [9.17, 15) is 0 Å². The van der Waals surface area contributed by atoms with Gasteiger partial charge in [0.05, 0.1) is 6.26 Å². The zero-order valence-corrected chi connectivity index (χ0v) is 19.3. The second-order valence-electron chi connectivity index (χ2n) is 8.71. The first-order valence-electron chi connectivity index (χ1n) is 11.0. The third kappa shape index (κ3) is 5.85. The van der Waals surface area contributed by atoms with E-state index >= 15 is 0 Å². The third-order valence-corrected chi connectivity index (χ3v) is 10.4. The first kappa shape index (κ1) is 22.5. The number of hydrogen-bond donors (Lipinski definition) is 0. The molecule has 0 aliphatic rings. The molecule has 2 rings (SSSR count). The summed E-state index contributed by atoms with van der Waals surface area (Å²) in [6.07, 6.45) is 13.3. The molecule has 152 valence electrons. The maximum Gasteiger partial charge on any atom is 0.319 e. The van der Waals surface area contributed by atoms with Crippen LogP contribution in [0.15, 0.2) is 73.0 Å². The van der Waals surface area contributed by atoms with Gasteiger partial charge in [0.25, 0.3) is 0 Å². The van der Waals surface area contributed by atoms with Crippen LogP contribution in [0, 0.1) is 0 Å². The maximum absolute atomic E-state index is 6.77. The molecule has 2 aromatic carbocycles. The number of hydrogen-bond acceptors (Lipinski definition) is 1.